The van der Waals surface area contributed by atoms with Crippen molar-refractivity contribution in [3.63, 3.8) is 0 Å². The van der Waals surface area contributed by atoms with Gasteiger partial charge in [0.2, 0.25) is 0 Å². The average molecular weight is 326 g/mol. The third-order valence-corrected chi connectivity index (χ3v) is 6.33. The lowest BCUT2D eigenvalue weighted by Crippen LogP contribution is -2.62. The summed E-state index contributed by atoms with van der Waals surface area (Å²) in [4.78, 5) is 21.3. The third kappa shape index (κ3) is 2.79. The average Bonchev–Trinajstić information content (AvgIpc) is 3.09. The lowest BCUT2D eigenvalue weighted by molar-refractivity contribution is 0.0218. The van der Waals surface area contributed by atoms with E-state index in [9.17, 15) is 4.79 Å². The fourth-order valence-corrected chi connectivity index (χ4v) is 4.76. The highest BCUT2D eigenvalue weighted by molar-refractivity contribution is 7.17. The molecule has 5 heteroatoms. The number of nitrogens with zero attached hydrogens (tertiary/aromatic N) is 2. The van der Waals surface area contributed by atoms with Gasteiger partial charge in [-0.25, -0.2) is 0 Å². The van der Waals surface area contributed by atoms with E-state index in [1.807, 2.05) is 30.3 Å². The number of pyridine rings is 1. The van der Waals surface area contributed by atoms with Crippen LogP contribution in [0.4, 0.5) is 0 Å². The number of rotatable bonds is 3. The van der Waals surface area contributed by atoms with Gasteiger partial charge in [-0.05, 0) is 63.0 Å². The van der Waals surface area contributed by atoms with E-state index in [-0.39, 0.29) is 11.9 Å². The zero-order valence-corrected chi connectivity index (χ0v) is 14.1. The number of hydrogen-bond donors (Lipinski definition) is 1. The highest BCUT2D eigenvalue weighted by Crippen LogP contribution is 2.33. The van der Waals surface area contributed by atoms with Crippen molar-refractivity contribution in [3.8, 4) is 10.6 Å². The second kappa shape index (κ2) is 6.06. The number of thiophene rings is 1. The molecule has 23 heavy (non-hydrogen) atoms. The van der Waals surface area contributed by atoms with Crippen LogP contribution >= 0.6 is 11.3 Å². The van der Waals surface area contributed by atoms with Crippen LogP contribution in [0.25, 0.3) is 10.6 Å². The molecule has 3 saturated heterocycles. The van der Waals surface area contributed by atoms with Crippen LogP contribution in [-0.4, -0.2) is 41.0 Å². The zero-order valence-electron chi connectivity index (χ0n) is 13.2. The Morgan fingerprint density at radius 2 is 2.09 bits per heavy atom. The first-order valence-electron chi connectivity index (χ1n) is 8.28. The summed E-state index contributed by atoms with van der Waals surface area (Å²) in [5, 5.41) is 3.29. The van der Waals surface area contributed by atoms with E-state index in [0.717, 1.165) is 15.4 Å². The summed E-state index contributed by atoms with van der Waals surface area (Å²) >= 11 is 1.52. The van der Waals surface area contributed by atoms with Crippen LogP contribution in [0.1, 0.15) is 29.4 Å². The van der Waals surface area contributed by atoms with Gasteiger partial charge in [0.05, 0.1) is 15.4 Å². The van der Waals surface area contributed by atoms with Crippen LogP contribution in [0, 0.1) is 5.92 Å². The predicted molar refractivity (Wildman–Crippen MR) is 92.6 cm³/mol. The first kappa shape index (κ1) is 14.8. The van der Waals surface area contributed by atoms with Crippen molar-refractivity contribution in [3.05, 3.63) is 41.4 Å². The third-order valence-electron chi connectivity index (χ3n) is 5.22. The summed E-state index contributed by atoms with van der Waals surface area (Å²) in [6.45, 7) is 4.60. The monoisotopic (exact) mass is 326 g/mol. The van der Waals surface area contributed by atoms with Crippen molar-refractivity contribution in [2.45, 2.75) is 31.8 Å². The van der Waals surface area contributed by atoms with Crippen LogP contribution in [0.5, 0.6) is 0 Å². The van der Waals surface area contributed by atoms with Crippen LogP contribution < -0.4 is 5.32 Å². The minimum absolute atomic E-state index is 0.0581. The molecule has 0 saturated carbocycles. The predicted octanol–water partition coefficient (Wildman–Crippen LogP) is 3.02. The molecule has 120 valence electrons. The van der Waals surface area contributed by atoms with Gasteiger partial charge in [-0.1, -0.05) is 6.07 Å². The molecule has 3 fully saturated rings. The molecule has 5 rings (SSSR count). The van der Waals surface area contributed by atoms with E-state index in [2.05, 4.69) is 22.1 Å². The second-order valence-corrected chi connectivity index (χ2v) is 7.58. The fourth-order valence-electron chi connectivity index (χ4n) is 3.87. The van der Waals surface area contributed by atoms with Crippen LogP contribution in [0.3, 0.4) is 0 Å². The van der Waals surface area contributed by atoms with Crippen molar-refractivity contribution >= 4 is 17.2 Å². The van der Waals surface area contributed by atoms with Gasteiger partial charge in [-0.2, -0.15) is 0 Å². The molecule has 3 aliphatic heterocycles. The van der Waals surface area contributed by atoms with Crippen LogP contribution in [0.15, 0.2) is 36.5 Å². The maximum atomic E-state index is 12.6. The van der Waals surface area contributed by atoms with Crippen molar-refractivity contribution in [1.82, 2.24) is 15.2 Å². The SMILES string of the molecule is C[C@H]1[C@H](N[11C](=O)c2ccc(-c3ccccn3)s2)C2CCN1CC2. The summed E-state index contributed by atoms with van der Waals surface area (Å²) in [5.74, 6) is 0.692. The van der Waals surface area contributed by atoms with Crippen LogP contribution in [-0.2, 0) is 0 Å². The van der Waals surface area contributed by atoms with Gasteiger partial charge in [0, 0.05) is 18.3 Å². The Balaban J connectivity index is 1.49. The maximum Gasteiger partial charge on any atom is 0.261 e. The smallest absolute Gasteiger partial charge is 0.261 e. The Morgan fingerprint density at radius 1 is 1.26 bits per heavy atom. The van der Waals surface area contributed by atoms with Gasteiger partial charge in [-0.3, -0.25) is 14.7 Å². The topological polar surface area (TPSA) is 45.2 Å². The molecule has 0 aromatic carbocycles. The van der Waals surface area contributed by atoms with E-state index < -0.39 is 0 Å². The molecule has 1 amide bonds. The summed E-state index contributed by atoms with van der Waals surface area (Å²) in [7, 11) is 0. The first-order chi connectivity index (χ1) is 11.2. The Bertz CT molecular complexity index is 689. The molecule has 3 aliphatic rings. The molecule has 0 spiro atoms. The van der Waals surface area contributed by atoms with Gasteiger partial charge in [0.25, 0.3) is 5.91 Å². The summed E-state index contributed by atoms with van der Waals surface area (Å²) in [6.07, 6.45) is 4.20. The highest BCUT2D eigenvalue weighted by atomic mass is 32.1. The van der Waals surface area contributed by atoms with E-state index in [4.69, 9.17) is 0 Å². The molecule has 1 N–H and O–H groups in total. The molecule has 2 atom stereocenters. The lowest BCUT2D eigenvalue weighted by Gasteiger charge is -2.49. The molecule has 0 unspecified atom stereocenters. The van der Waals surface area contributed by atoms with Crippen molar-refractivity contribution < 1.29 is 4.79 Å². The van der Waals surface area contributed by atoms with E-state index in [0.29, 0.717) is 12.0 Å². The summed E-state index contributed by atoms with van der Waals surface area (Å²) in [6, 6.07) is 10.5. The molecule has 0 radical (unpaired) electrons. The van der Waals surface area contributed by atoms with Gasteiger partial charge < -0.3 is 5.32 Å². The number of nitrogens with one attached hydrogen (secondary N) is 1. The Hall–Kier alpha value is -1.72. The normalized spacial score (nSPS) is 29.4. The molecule has 2 aromatic rings. The van der Waals surface area contributed by atoms with E-state index in [1.165, 1.54) is 37.3 Å². The molecule has 5 heterocycles. The Labute approximate surface area is 140 Å². The minimum Gasteiger partial charge on any atom is -0.347 e. The Kier molecular flexibility index (Phi) is 3.91. The standard InChI is InChI=1S/C18H21N3OS/c1-12-17(13-7-10-21(12)11-8-13)20-18(22)16-6-5-15(23-16)14-4-2-3-9-19-14/h2-6,9,12-13,17H,7-8,10-11H2,1H3,(H,20,22)/t12-,17-/m0/s1/i18-1. The number of fused-ring (bicyclic) bond motifs is 3. The van der Waals surface area contributed by atoms with Crippen molar-refractivity contribution in [1.29, 1.82) is 0 Å². The molecule has 4 nitrogen and oxygen atoms in total. The number of carbonyl (C=O) groups is 1. The van der Waals surface area contributed by atoms with Crippen LogP contribution in [0.2, 0.25) is 0 Å². The largest absolute Gasteiger partial charge is 0.347 e. The summed E-state index contributed by atoms with van der Waals surface area (Å²) in [5.41, 5.74) is 0.924. The number of amides is 1. The number of carbonyl (C=O) groups excluding carboxylic acids is 1. The Morgan fingerprint density at radius 3 is 2.78 bits per heavy atom. The molecule has 0 aliphatic carbocycles. The number of piperidine rings is 3. The van der Waals surface area contributed by atoms with Gasteiger partial charge >= 0.3 is 0 Å². The summed E-state index contributed by atoms with van der Waals surface area (Å²) < 4.78 is 0. The maximum absolute atomic E-state index is 12.6. The van der Waals surface area contributed by atoms with Gasteiger partial charge in [-0.15, -0.1) is 11.3 Å². The minimum atomic E-state index is 0.0581. The quantitative estimate of drug-likeness (QED) is 0.943. The molecule has 2 bridgehead atoms. The molecular formula is C18H21N3OS. The van der Waals surface area contributed by atoms with Crippen molar-refractivity contribution in [2.24, 2.45) is 5.92 Å². The second-order valence-electron chi connectivity index (χ2n) is 6.49. The molecule has 2 aromatic heterocycles. The molecular weight excluding hydrogens is 305 g/mol. The number of aromatic nitrogens is 1. The first-order valence-corrected chi connectivity index (χ1v) is 9.10. The van der Waals surface area contributed by atoms with E-state index in [1.54, 1.807) is 6.20 Å². The van der Waals surface area contributed by atoms with E-state index >= 15 is 0 Å². The zero-order chi connectivity index (χ0) is 15.8. The fraction of sp³-hybridized carbons (Fsp3) is 0.444. The highest BCUT2D eigenvalue weighted by Gasteiger charge is 2.40. The van der Waals surface area contributed by atoms with Gasteiger partial charge in [0.15, 0.2) is 0 Å². The van der Waals surface area contributed by atoms with Crippen molar-refractivity contribution in [2.75, 3.05) is 13.1 Å². The van der Waals surface area contributed by atoms with Gasteiger partial charge in [0.1, 0.15) is 0 Å². The number of hydrogen-bond acceptors (Lipinski definition) is 4. The lowest BCUT2D eigenvalue weighted by atomic mass is 9.77.